The van der Waals surface area contributed by atoms with E-state index in [1.54, 1.807) is 0 Å². The zero-order chi connectivity index (χ0) is 16.5. The van der Waals surface area contributed by atoms with E-state index < -0.39 is 11.7 Å². The Morgan fingerprint density at radius 3 is 2.23 bits per heavy atom. The summed E-state index contributed by atoms with van der Waals surface area (Å²) in [6, 6.07) is 10.0. The van der Waals surface area contributed by atoms with Crippen molar-refractivity contribution in [1.82, 2.24) is 0 Å². The van der Waals surface area contributed by atoms with Crippen LogP contribution in [0.15, 0.2) is 43.0 Å². The standard InChI is InChI=1S/C17H15ClF3N/c1-10-4-6-14(7-5-10)22-12(3)13-8-15(17(19,20)21)11(2)16(18)9-13/h4-9,22H,3H2,1-2H3. The van der Waals surface area contributed by atoms with E-state index in [1.165, 1.54) is 13.0 Å². The number of hydrogen-bond acceptors (Lipinski definition) is 1. The van der Waals surface area contributed by atoms with Crippen LogP contribution in [0.2, 0.25) is 5.02 Å². The van der Waals surface area contributed by atoms with Crippen molar-refractivity contribution in [2.45, 2.75) is 20.0 Å². The summed E-state index contributed by atoms with van der Waals surface area (Å²) >= 11 is 5.92. The van der Waals surface area contributed by atoms with Gasteiger partial charge < -0.3 is 5.32 Å². The molecule has 22 heavy (non-hydrogen) atoms. The molecule has 1 N–H and O–H groups in total. The van der Waals surface area contributed by atoms with Crippen LogP contribution in [-0.4, -0.2) is 0 Å². The van der Waals surface area contributed by atoms with E-state index in [9.17, 15) is 13.2 Å². The van der Waals surface area contributed by atoms with Gasteiger partial charge in [-0.3, -0.25) is 0 Å². The minimum atomic E-state index is -4.45. The SMILES string of the molecule is C=C(Nc1ccc(C)cc1)c1cc(Cl)c(C)c(C(F)(F)F)c1. The first-order chi connectivity index (χ1) is 10.2. The third kappa shape index (κ3) is 3.63. The minimum Gasteiger partial charge on any atom is -0.356 e. The van der Waals surface area contributed by atoms with Crippen LogP contribution in [0.4, 0.5) is 18.9 Å². The Labute approximate surface area is 132 Å². The largest absolute Gasteiger partial charge is 0.416 e. The number of halogens is 4. The fourth-order valence-corrected chi connectivity index (χ4v) is 2.25. The van der Waals surface area contributed by atoms with Gasteiger partial charge in [-0.05, 0) is 49.2 Å². The van der Waals surface area contributed by atoms with Crippen molar-refractivity contribution in [2.24, 2.45) is 0 Å². The van der Waals surface area contributed by atoms with Crippen LogP contribution >= 0.6 is 11.6 Å². The van der Waals surface area contributed by atoms with E-state index in [-0.39, 0.29) is 10.6 Å². The second kappa shape index (κ2) is 6.05. The molecule has 0 unspecified atom stereocenters. The van der Waals surface area contributed by atoms with Crippen LogP contribution < -0.4 is 5.32 Å². The lowest BCUT2D eigenvalue weighted by molar-refractivity contribution is -0.138. The van der Waals surface area contributed by atoms with Crippen molar-refractivity contribution < 1.29 is 13.2 Å². The van der Waals surface area contributed by atoms with Crippen molar-refractivity contribution in [3.05, 3.63) is 70.3 Å². The normalized spacial score (nSPS) is 11.4. The molecule has 0 bridgehead atoms. The summed E-state index contributed by atoms with van der Waals surface area (Å²) in [5, 5.41) is 3.06. The third-order valence-corrected chi connectivity index (χ3v) is 3.74. The molecule has 2 aromatic carbocycles. The van der Waals surface area contributed by atoms with Crippen molar-refractivity contribution in [3.8, 4) is 0 Å². The van der Waals surface area contributed by atoms with Crippen LogP contribution in [0.3, 0.4) is 0 Å². The molecule has 0 aliphatic carbocycles. The van der Waals surface area contributed by atoms with Gasteiger partial charge in [0.2, 0.25) is 0 Å². The molecule has 5 heteroatoms. The molecule has 0 radical (unpaired) electrons. The molecular formula is C17H15ClF3N. The molecule has 116 valence electrons. The van der Waals surface area contributed by atoms with Gasteiger partial charge in [-0.1, -0.05) is 35.9 Å². The van der Waals surface area contributed by atoms with E-state index in [1.807, 2.05) is 31.2 Å². The minimum absolute atomic E-state index is 0.0149. The Balaban J connectivity index is 2.34. The summed E-state index contributed by atoms with van der Waals surface area (Å²) in [5.74, 6) is 0. The average molecular weight is 326 g/mol. The first-order valence-corrected chi connectivity index (χ1v) is 6.96. The molecule has 0 fully saturated rings. The number of benzene rings is 2. The number of anilines is 1. The Morgan fingerprint density at radius 1 is 1.09 bits per heavy atom. The second-order valence-electron chi connectivity index (χ2n) is 5.10. The van der Waals surface area contributed by atoms with E-state index in [0.717, 1.165) is 17.3 Å². The van der Waals surface area contributed by atoms with E-state index in [2.05, 4.69) is 11.9 Å². The molecule has 2 aromatic rings. The van der Waals surface area contributed by atoms with Crippen LogP contribution in [0, 0.1) is 13.8 Å². The molecule has 0 aromatic heterocycles. The number of hydrogen-bond donors (Lipinski definition) is 1. The third-order valence-electron chi connectivity index (χ3n) is 3.34. The van der Waals surface area contributed by atoms with Gasteiger partial charge in [-0.25, -0.2) is 0 Å². The molecule has 0 aliphatic rings. The number of aryl methyl sites for hydroxylation is 1. The Kier molecular flexibility index (Phi) is 4.52. The smallest absolute Gasteiger partial charge is 0.356 e. The highest BCUT2D eigenvalue weighted by Gasteiger charge is 2.33. The maximum Gasteiger partial charge on any atom is 0.416 e. The van der Waals surface area contributed by atoms with Crippen molar-refractivity contribution in [3.63, 3.8) is 0 Å². The summed E-state index contributed by atoms with van der Waals surface area (Å²) in [6.07, 6.45) is -4.45. The summed E-state index contributed by atoms with van der Waals surface area (Å²) in [4.78, 5) is 0. The van der Waals surface area contributed by atoms with Gasteiger partial charge in [-0.2, -0.15) is 13.2 Å². The van der Waals surface area contributed by atoms with Gasteiger partial charge in [0.1, 0.15) is 0 Å². The molecular weight excluding hydrogens is 311 g/mol. The lowest BCUT2D eigenvalue weighted by atomic mass is 10.0. The summed E-state index contributed by atoms with van der Waals surface area (Å²) in [7, 11) is 0. The molecule has 0 atom stereocenters. The Bertz CT molecular complexity index is 703. The molecule has 0 saturated heterocycles. The highest BCUT2D eigenvalue weighted by molar-refractivity contribution is 6.31. The first-order valence-electron chi connectivity index (χ1n) is 6.59. The predicted molar refractivity (Wildman–Crippen MR) is 85.0 cm³/mol. The van der Waals surface area contributed by atoms with E-state index >= 15 is 0 Å². The molecule has 1 nitrogen and oxygen atoms in total. The summed E-state index contributed by atoms with van der Waals surface area (Å²) < 4.78 is 39.1. The zero-order valence-electron chi connectivity index (χ0n) is 12.2. The summed E-state index contributed by atoms with van der Waals surface area (Å²) in [5.41, 5.74) is 1.78. The van der Waals surface area contributed by atoms with Gasteiger partial charge >= 0.3 is 6.18 Å². The summed E-state index contributed by atoms with van der Waals surface area (Å²) in [6.45, 7) is 7.10. The van der Waals surface area contributed by atoms with E-state index in [4.69, 9.17) is 11.6 Å². The quantitative estimate of drug-likeness (QED) is 0.723. The number of alkyl halides is 3. The lowest BCUT2D eigenvalue weighted by Crippen LogP contribution is -2.09. The van der Waals surface area contributed by atoms with Crippen molar-refractivity contribution in [2.75, 3.05) is 5.32 Å². The monoisotopic (exact) mass is 325 g/mol. The van der Waals surface area contributed by atoms with Gasteiger partial charge in [0.25, 0.3) is 0 Å². The van der Waals surface area contributed by atoms with E-state index in [0.29, 0.717) is 11.3 Å². The highest BCUT2D eigenvalue weighted by Crippen LogP contribution is 2.36. The second-order valence-corrected chi connectivity index (χ2v) is 5.51. The van der Waals surface area contributed by atoms with Gasteiger partial charge in [-0.15, -0.1) is 0 Å². The molecule has 2 rings (SSSR count). The van der Waals surface area contributed by atoms with Crippen LogP contribution in [-0.2, 0) is 6.18 Å². The Morgan fingerprint density at radius 2 is 1.68 bits per heavy atom. The molecule has 0 heterocycles. The highest BCUT2D eigenvalue weighted by atomic mass is 35.5. The molecule has 0 spiro atoms. The molecule has 0 aliphatic heterocycles. The fraction of sp³-hybridized carbons (Fsp3) is 0.176. The van der Waals surface area contributed by atoms with Gasteiger partial charge in [0.15, 0.2) is 0 Å². The van der Waals surface area contributed by atoms with Crippen LogP contribution in [0.25, 0.3) is 5.70 Å². The molecule has 0 saturated carbocycles. The average Bonchev–Trinajstić information content (AvgIpc) is 2.42. The fourth-order valence-electron chi connectivity index (χ4n) is 2.03. The van der Waals surface area contributed by atoms with Crippen LogP contribution in [0.5, 0.6) is 0 Å². The zero-order valence-corrected chi connectivity index (χ0v) is 12.9. The topological polar surface area (TPSA) is 12.0 Å². The van der Waals surface area contributed by atoms with Crippen LogP contribution in [0.1, 0.15) is 22.3 Å². The molecule has 0 amide bonds. The van der Waals surface area contributed by atoms with Gasteiger partial charge in [0.05, 0.1) is 5.56 Å². The maximum atomic E-state index is 13.0. The maximum absolute atomic E-state index is 13.0. The number of nitrogens with one attached hydrogen (secondary N) is 1. The van der Waals surface area contributed by atoms with Crippen molar-refractivity contribution in [1.29, 1.82) is 0 Å². The lowest BCUT2D eigenvalue weighted by Gasteiger charge is -2.16. The Hall–Kier alpha value is -1.94. The predicted octanol–water partition coefficient (Wildman–Crippen LogP) is 6.06. The number of rotatable bonds is 3. The van der Waals surface area contributed by atoms with Crippen molar-refractivity contribution >= 4 is 23.0 Å². The van der Waals surface area contributed by atoms with Gasteiger partial charge in [0, 0.05) is 16.4 Å². The first kappa shape index (κ1) is 16.4.